The fourth-order valence-corrected chi connectivity index (χ4v) is 4.12. The van der Waals surface area contributed by atoms with Crippen LogP contribution in [0.4, 0.5) is 0 Å². The molecule has 3 aromatic rings. The number of hydrogen-bond donors (Lipinski definition) is 2. The molecule has 2 atom stereocenters. The summed E-state index contributed by atoms with van der Waals surface area (Å²) in [4.78, 5) is 12.8. The molecule has 0 radical (unpaired) electrons. The number of ether oxygens (including phenoxy) is 1. The van der Waals surface area contributed by atoms with Gasteiger partial charge in [0, 0.05) is 16.7 Å². The first-order valence-corrected chi connectivity index (χ1v) is 9.81. The zero-order valence-corrected chi connectivity index (χ0v) is 16.0. The first kappa shape index (κ1) is 19.8. The van der Waals surface area contributed by atoms with Gasteiger partial charge in [-0.1, -0.05) is 42.3 Å². The highest BCUT2D eigenvalue weighted by molar-refractivity contribution is 7.92. The van der Waals surface area contributed by atoms with E-state index in [1.54, 1.807) is 42.7 Å². The van der Waals surface area contributed by atoms with E-state index in [0.29, 0.717) is 16.2 Å². The lowest BCUT2D eigenvalue weighted by molar-refractivity contribution is -0.128. The second-order valence-electron chi connectivity index (χ2n) is 5.95. The van der Waals surface area contributed by atoms with Crippen LogP contribution in [0.5, 0.6) is 5.75 Å². The van der Waals surface area contributed by atoms with Crippen molar-refractivity contribution in [3.63, 3.8) is 0 Å². The van der Waals surface area contributed by atoms with Gasteiger partial charge in [0.25, 0.3) is 0 Å². The summed E-state index contributed by atoms with van der Waals surface area (Å²) in [5.74, 6) is 5.40. The molecule has 0 bridgehead atoms. The number of rotatable bonds is 6. The first-order valence-electron chi connectivity index (χ1n) is 8.59. The number of fused-ring (bicyclic) bond motifs is 1. The summed E-state index contributed by atoms with van der Waals surface area (Å²) in [6.07, 6.45) is 0. The molecule has 6 heteroatoms. The van der Waals surface area contributed by atoms with E-state index in [1.807, 2.05) is 36.4 Å². The lowest BCUT2D eigenvalue weighted by atomic mass is 10.0. The highest BCUT2D eigenvalue weighted by Crippen LogP contribution is 2.32. The molecular formula is C22H19NO4S. The van der Waals surface area contributed by atoms with E-state index < -0.39 is 22.3 Å². The van der Waals surface area contributed by atoms with Gasteiger partial charge < -0.3 is 9.29 Å². The van der Waals surface area contributed by atoms with E-state index in [9.17, 15) is 14.6 Å². The molecule has 0 aliphatic rings. The molecule has 0 aliphatic heterocycles. The summed E-state index contributed by atoms with van der Waals surface area (Å²) >= 11 is -1.72. The van der Waals surface area contributed by atoms with Gasteiger partial charge in [0.2, 0.25) is 5.25 Å². The Hall–Kier alpha value is -2.98. The Kier molecular flexibility index (Phi) is 6.56. The van der Waals surface area contributed by atoms with Crippen LogP contribution in [0.25, 0.3) is 10.8 Å². The van der Waals surface area contributed by atoms with Crippen LogP contribution in [-0.2, 0) is 16.0 Å². The van der Waals surface area contributed by atoms with Crippen LogP contribution in [0.2, 0.25) is 0 Å². The van der Waals surface area contributed by atoms with Crippen molar-refractivity contribution in [1.82, 2.24) is 5.48 Å². The predicted molar refractivity (Wildman–Crippen MR) is 108 cm³/mol. The van der Waals surface area contributed by atoms with E-state index in [0.717, 1.165) is 10.8 Å². The molecular weight excluding hydrogens is 374 g/mol. The van der Waals surface area contributed by atoms with Crippen molar-refractivity contribution >= 4 is 27.9 Å². The maximum absolute atomic E-state index is 13.1. The van der Waals surface area contributed by atoms with Gasteiger partial charge >= 0.3 is 5.91 Å². The van der Waals surface area contributed by atoms with E-state index >= 15 is 0 Å². The summed E-state index contributed by atoms with van der Waals surface area (Å²) in [7, 11) is 0. The van der Waals surface area contributed by atoms with Gasteiger partial charge in [0.15, 0.2) is 4.90 Å². The molecule has 0 fully saturated rings. The number of carbonyl (C=O) groups excluding carboxylic acids is 1. The molecule has 0 aromatic heterocycles. The Balaban J connectivity index is 1.89. The largest absolute Gasteiger partial charge is 0.611 e. The average Bonchev–Trinajstić information content (AvgIpc) is 2.74. The zero-order chi connectivity index (χ0) is 19.9. The Morgan fingerprint density at radius 1 is 1.14 bits per heavy atom. The molecule has 0 saturated carbocycles. The van der Waals surface area contributed by atoms with Crippen LogP contribution in [0, 0.1) is 11.8 Å². The van der Waals surface area contributed by atoms with Gasteiger partial charge in [-0.25, -0.2) is 5.48 Å². The highest BCUT2D eigenvalue weighted by Gasteiger charge is 2.34. The highest BCUT2D eigenvalue weighted by atomic mass is 32.2. The molecule has 5 nitrogen and oxygen atoms in total. The van der Waals surface area contributed by atoms with Crippen molar-refractivity contribution in [2.45, 2.75) is 17.1 Å². The molecule has 3 rings (SSSR count). The molecule has 2 unspecified atom stereocenters. The van der Waals surface area contributed by atoms with Gasteiger partial charge in [-0.3, -0.25) is 10.0 Å². The number of hydrogen-bond acceptors (Lipinski definition) is 4. The minimum atomic E-state index is -1.72. The molecule has 3 aromatic carbocycles. The summed E-state index contributed by atoms with van der Waals surface area (Å²) in [5, 5.41) is 10.1. The Bertz CT molecular complexity index is 1020. The molecule has 0 spiro atoms. The second-order valence-corrected chi connectivity index (χ2v) is 7.48. The summed E-state index contributed by atoms with van der Waals surface area (Å²) < 4.78 is 18.6. The summed E-state index contributed by atoms with van der Waals surface area (Å²) in [6.45, 7) is 2.00. The van der Waals surface area contributed by atoms with Crippen LogP contribution >= 0.6 is 0 Å². The summed E-state index contributed by atoms with van der Waals surface area (Å²) in [6, 6.07) is 19.8. The maximum Gasteiger partial charge on any atom is 0.301 e. The predicted octanol–water partition coefficient (Wildman–Crippen LogP) is 3.60. The van der Waals surface area contributed by atoms with Crippen molar-refractivity contribution in [3.05, 3.63) is 72.3 Å². The third-order valence-corrected chi connectivity index (χ3v) is 5.83. The standard InChI is InChI=1S/C22H19NO4S/c1-2-3-14-27-19-10-12-20(13-11-19)28(26)21(22(24)23-25)18-9-8-16-6-4-5-7-17(16)15-18/h4-13,15,21,25H,14H2,1H3,(H,23,24). The Labute approximate surface area is 166 Å². The molecule has 0 heterocycles. The van der Waals surface area contributed by atoms with Crippen molar-refractivity contribution in [2.24, 2.45) is 0 Å². The number of carbonyl (C=O) groups is 1. The van der Waals surface area contributed by atoms with Crippen molar-refractivity contribution in [1.29, 1.82) is 0 Å². The zero-order valence-electron chi connectivity index (χ0n) is 15.2. The Morgan fingerprint density at radius 3 is 2.54 bits per heavy atom. The molecule has 142 valence electrons. The van der Waals surface area contributed by atoms with Crippen LogP contribution in [-0.4, -0.2) is 22.3 Å². The minimum absolute atomic E-state index is 0.269. The number of benzene rings is 3. The third-order valence-electron chi connectivity index (χ3n) is 4.18. The van der Waals surface area contributed by atoms with Crippen LogP contribution in [0.3, 0.4) is 0 Å². The molecule has 1 amide bonds. The second kappa shape index (κ2) is 9.29. The van der Waals surface area contributed by atoms with E-state index in [4.69, 9.17) is 4.74 Å². The quantitative estimate of drug-likeness (QED) is 0.290. The van der Waals surface area contributed by atoms with Gasteiger partial charge in [-0.2, -0.15) is 0 Å². The van der Waals surface area contributed by atoms with E-state index in [-0.39, 0.29) is 6.61 Å². The normalized spacial score (nSPS) is 12.5. The van der Waals surface area contributed by atoms with Gasteiger partial charge in [0.05, 0.1) is 0 Å². The lowest BCUT2D eigenvalue weighted by Gasteiger charge is -2.20. The minimum Gasteiger partial charge on any atom is -0.611 e. The van der Waals surface area contributed by atoms with Gasteiger partial charge in [-0.05, 0) is 48.0 Å². The number of hydroxylamine groups is 1. The lowest BCUT2D eigenvalue weighted by Crippen LogP contribution is -2.31. The monoisotopic (exact) mass is 393 g/mol. The van der Waals surface area contributed by atoms with Crippen molar-refractivity contribution in [3.8, 4) is 17.6 Å². The molecule has 0 aliphatic carbocycles. The van der Waals surface area contributed by atoms with Crippen LogP contribution in [0.15, 0.2) is 71.6 Å². The molecule has 2 N–H and O–H groups in total. The fourth-order valence-electron chi connectivity index (χ4n) is 2.80. The van der Waals surface area contributed by atoms with E-state index in [2.05, 4.69) is 11.8 Å². The average molecular weight is 393 g/mol. The SMILES string of the molecule is CC#CCOc1ccc([S+]([O-])C(C(=O)NO)c2ccc3ccccc3c2)cc1. The first-order chi connectivity index (χ1) is 13.6. The van der Waals surface area contributed by atoms with Crippen LogP contribution in [0.1, 0.15) is 17.7 Å². The van der Waals surface area contributed by atoms with Crippen molar-refractivity contribution in [2.75, 3.05) is 6.61 Å². The smallest absolute Gasteiger partial charge is 0.301 e. The topological polar surface area (TPSA) is 81.6 Å². The third kappa shape index (κ3) is 4.46. The van der Waals surface area contributed by atoms with Crippen molar-refractivity contribution < 1.29 is 19.3 Å². The summed E-state index contributed by atoms with van der Waals surface area (Å²) in [5.41, 5.74) is 2.19. The Morgan fingerprint density at radius 2 is 1.86 bits per heavy atom. The fraction of sp³-hybridized carbons (Fsp3) is 0.136. The van der Waals surface area contributed by atoms with Gasteiger partial charge in [0.1, 0.15) is 12.4 Å². The van der Waals surface area contributed by atoms with E-state index in [1.165, 1.54) is 0 Å². The van der Waals surface area contributed by atoms with Crippen LogP contribution < -0.4 is 10.2 Å². The van der Waals surface area contributed by atoms with Gasteiger partial charge in [-0.15, -0.1) is 5.92 Å². The number of nitrogens with one attached hydrogen (secondary N) is 1. The molecule has 28 heavy (non-hydrogen) atoms. The number of amides is 1. The molecule has 0 saturated heterocycles. The maximum atomic E-state index is 13.1.